The van der Waals surface area contributed by atoms with Crippen LogP contribution in [0.4, 0.5) is 5.82 Å². The minimum Gasteiger partial charge on any atom is -0.475 e. The minimum atomic E-state index is 0. The summed E-state index contributed by atoms with van der Waals surface area (Å²) < 4.78 is 5.55. The van der Waals surface area contributed by atoms with E-state index in [-0.39, 0.29) is 12.4 Å². The Morgan fingerprint density at radius 1 is 1.39 bits per heavy atom. The molecule has 0 fully saturated rings. The normalized spacial score (nSPS) is 14.3. The molecule has 1 aliphatic heterocycles. The third-order valence-corrected chi connectivity index (χ3v) is 3.04. The largest absolute Gasteiger partial charge is 0.475 e. The van der Waals surface area contributed by atoms with Crippen molar-refractivity contribution in [3.05, 3.63) is 10.8 Å². The molecular weight excluding hydrogens is 275 g/mol. The van der Waals surface area contributed by atoms with Crippen LogP contribution in [0.15, 0.2) is 0 Å². The summed E-state index contributed by atoms with van der Waals surface area (Å²) in [6, 6.07) is 0.309. The Kier molecular flexibility index (Phi) is 5.44. The van der Waals surface area contributed by atoms with Crippen LogP contribution >= 0.6 is 24.0 Å². The number of hydrogen-bond acceptors (Lipinski definition) is 5. The van der Waals surface area contributed by atoms with E-state index in [2.05, 4.69) is 29.1 Å². The van der Waals surface area contributed by atoms with Gasteiger partial charge in [-0.3, -0.25) is 0 Å². The molecule has 1 aliphatic rings. The van der Waals surface area contributed by atoms with Gasteiger partial charge in [-0.25, -0.2) is 4.98 Å². The maximum atomic E-state index is 6.15. The van der Waals surface area contributed by atoms with Gasteiger partial charge in [0, 0.05) is 26.2 Å². The quantitative estimate of drug-likeness (QED) is 0.902. The summed E-state index contributed by atoms with van der Waals surface area (Å²) >= 11 is 6.15. The van der Waals surface area contributed by atoms with E-state index < -0.39 is 0 Å². The Morgan fingerprint density at radius 2 is 2.11 bits per heavy atom. The number of ether oxygens (including phenoxy) is 1. The summed E-state index contributed by atoms with van der Waals surface area (Å²) in [6.07, 6.45) is 0. The molecule has 0 atom stereocenters. The van der Waals surface area contributed by atoms with E-state index in [9.17, 15) is 0 Å². The molecule has 1 aromatic rings. The maximum Gasteiger partial charge on any atom is 0.239 e. The number of halogens is 2. The van der Waals surface area contributed by atoms with E-state index >= 15 is 0 Å². The van der Waals surface area contributed by atoms with Crippen LogP contribution in [-0.2, 0) is 6.54 Å². The molecule has 0 aliphatic carbocycles. The lowest BCUT2D eigenvalue weighted by atomic mass is 10.3. The predicted molar refractivity (Wildman–Crippen MR) is 75.0 cm³/mol. The molecular formula is C11H18Cl2N4O. The first-order chi connectivity index (χ1) is 8.09. The van der Waals surface area contributed by atoms with Crippen LogP contribution in [0.3, 0.4) is 0 Å². The highest BCUT2D eigenvalue weighted by Crippen LogP contribution is 2.27. The van der Waals surface area contributed by atoms with E-state index in [1.807, 2.05) is 11.9 Å². The Morgan fingerprint density at radius 3 is 2.78 bits per heavy atom. The lowest BCUT2D eigenvalue weighted by molar-refractivity contribution is 0.313. The third kappa shape index (κ3) is 3.16. The fourth-order valence-electron chi connectivity index (χ4n) is 1.55. The van der Waals surface area contributed by atoms with Crippen LogP contribution in [0.25, 0.3) is 0 Å². The first-order valence-electron chi connectivity index (χ1n) is 5.72. The zero-order valence-electron chi connectivity index (χ0n) is 10.7. The molecule has 1 aromatic heterocycles. The standard InChI is InChI=1S/C11H17ClN4O.ClH/c1-7(2)16(3)10-9(12)14-8-6-13-4-5-17-11(8)15-10;/h7,13H,4-6H2,1-3H3;1H. The van der Waals surface area contributed by atoms with Crippen molar-refractivity contribution in [2.75, 3.05) is 25.1 Å². The Balaban J connectivity index is 0.00000162. The summed E-state index contributed by atoms with van der Waals surface area (Å²) in [6.45, 7) is 6.20. The van der Waals surface area contributed by atoms with Gasteiger partial charge in [-0.05, 0) is 13.8 Å². The summed E-state index contributed by atoms with van der Waals surface area (Å²) in [5.41, 5.74) is 0.772. The fourth-order valence-corrected chi connectivity index (χ4v) is 1.83. The molecule has 7 heteroatoms. The molecule has 0 bridgehead atoms. The average molecular weight is 293 g/mol. The van der Waals surface area contributed by atoms with Gasteiger partial charge in [-0.2, -0.15) is 4.98 Å². The van der Waals surface area contributed by atoms with Crippen molar-refractivity contribution in [3.63, 3.8) is 0 Å². The molecule has 0 radical (unpaired) electrons. The molecule has 0 aromatic carbocycles. The number of hydrogen-bond donors (Lipinski definition) is 1. The van der Waals surface area contributed by atoms with Crippen molar-refractivity contribution in [1.29, 1.82) is 0 Å². The summed E-state index contributed by atoms with van der Waals surface area (Å²) in [7, 11) is 1.95. The van der Waals surface area contributed by atoms with Gasteiger partial charge in [0.2, 0.25) is 5.88 Å². The molecule has 18 heavy (non-hydrogen) atoms. The van der Waals surface area contributed by atoms with E-state index in [1.54, 1.807) is 0 Å². The van der Waals surface area contributed by atoms with E-state index in [0.29, 0.717) is 36.0 Å². The summed E-state index contributed by atoms with van der Waals surface area (Å²) in [5.74, 6) is 1.25. The molecule has 0 saturated carbocycles. The van der Waals surface area contributed by atoms with Crippen LogP contribution in [-0.4, -0.2) is 36.2 Å². The molecule has 1 N–H and O–H groups in total. The zero-order valence-corrected chi connectivity index (χ0v) is 12.3. The minimum absolute atomic E-state index is 0. The predicted octanol–water partition coefficient (Wildman–Crippen LogP) is 1.88. The van der Waals surface area contributed by atoms with E-state index in [0.717, 1.165) is 12.2 Å². The van der Waals surface area contributed by atoms with Crippen LogP contribution in [0.1, 0.15) is 19.5 Å². The molecule has 0 spiro atoms. The maximum absolute atomic E-state index is 6.15. The van der Waals surface area contributed by atoms with Gasteiger partial charge in [-0.1, -0.05) is 11.6 Å². The van der Waals surface area contributed by atoms with Gasteiger partial charge in [0.05, 0.1) is 0 Å². The monoisotopic (exact) mass is 292 g/mol. The second kappa shape index (κ2) is 6.41. The molecule has 2 heterocycles. The summed E-state index contributed by atoms with van der Waals surface area (Å²) in [4.78, 5) is 10.8. The third-order valence-electron chi connectivity index (χ3n) is 2.79. The topological polar surface area (TPSA) is 50.3 Å². The molecule has 2 rings (SSSR count). The van der Waals surface area contributed by atoms with Crippen LogP contribution < -0.4 is 15.0 Å². The Labute approximate surface area is 118 Å². The molecule has 5 nitrogen and oxygen atoms in total. The van der Waals surface area contributed by atoms with E-state index in [1.165, 1.54) is 0 Å². The number of nitrogens with zero attached hydrogens (tertiary/aromatic N) is 3. The number of rotatable bonds is 2. The van der Waals surface area contributed by atoms with Crippen molar-refractivity contribution in [2.45, 2.75) is 26.4 Å². The van der Waals surface area contributed by atoms with Gasteiger partial charge in [-0.15, -0.1) is 12.4 Å². The first-order valence-corrected chi connectivity index (χ1v) is 6.10. The lowest BCUT2D eigenvalue weighted by Gasteiger charge is -2.23. The number of nitrogens with one attached hydrogen (secondary N) is 1. The van der Waals surface area contributed by atoms with Crippen molar-refractivity contribution < 1.29 is 4.74 Å². The highest BCUT2D eigenvalue weighted by atomic mass is 35.5. The Bertz CT molecular complexity index is 414. The molecule has 0 unspecified atom stereocenters. The molecule has 0 saturated heterocycles. The number of anilines is 1. The fraction of sp³-hybridized carbons (Fsp3) is 0.636. The van der Waals surface area contributed by atoms with Gasteiger partial charge in [0.15, 0.2) is 11.0 Å². The van der Waals surface area contributed by atoms with Gasteiger partial charge in [0.25, 0.3) is 0 Å². The second-order valence-corrected chi connectivity index (χ2v) is 4.68. The van der Waals surface area contributed by atoms with Crippen LogP contribution in [0.2, 0.25) is 5.15 Å². The SMILES string of the molecule is CC(C)N(C)c1nc2c(nc1Cl)CNCCO2.Cl. The van der Waals surface area contributed by atoms with Crippen molar-refractivity contribution in [3.8, 4) is 5.88 Å². The van der Waals surface area contributed by atoms with Gasteiger partial charge >= 0.3 is 0 Å². The Hall–Kier alpha value is -0.780. The molecule has 102 valence electrons. The average Bonchev–Trinajstić information content (AvgIpc) is 2.51. The molecule has 0 amide bonds. The van der Waals surface area contributed by atoms with Crippen molar-refractivity contribution >= 4 is 29.8 Å². The van der Waals surface area contributed by atoms with Gasteiger partial charge in [0.1, 0.15) is 12.3 Å². The number of aromatic nitrogens is 2. The van der Waals surface area contributed by atoms with Crippen molar-refractivity contribution in [2.24, 2.45) is 0 Å². The highest BCUT2D eigenvalue weighted by Gasteiger charge is 2.19. The van der Waals surface area contributed by atoms with E-state index in [4.69, 9.17) is 16.3 Å². The number of fused-ring (bicyclic) bond motifs is 1. The second-order valence-electron chi connectivity index (χ2n) is 4.32. The smallest absolute Gasteiger partial charge is 0.239 e. The first kappa shape index (κ1) is 15.3. The highest BCUT2D eigenvalue weighted by molar-refractivity contribution is 6.31. The van der Waals surface area contributed by atoms with Crippen molar-refractivity contribution in [1.82, 2.24) is 15.3 Å². The zero-order chi connectivity index (χ0) is 12.4. The lowest BCUT2D eigenvalue weighted by Crippen LogP contribution is -2.27. The van der Waals surface area contributed by atoms with Crippen LogP contribution in [0, 0.1) is 0 Å². The van der Waals surface area contributed by atoms with Gasteiger partial charge < -0.3 is 15.0 Å². The summed E-state index contributed by atoms with van der Waals surface area (Å²) in [5, 5.41) is 3.63. The van der Waals surface area contributed by atoms with Crippen LogP contribution in [0.5, 0.6) is 5.88 Å².